The quantitative estimate of drug-likeness (QED) is 0.774. The minimum atomic E-state index is -3.61. The second kappa shape index (κ2) is 8.00. The lowest BCUT2D eigenvalue weighted by Gasteiger charge is -2.22. The van der Waals surface area contributed by atoms with Crippen LogP contribution in [0, 0.1) is 6.92 Å². The number of hydrogen-bond acceptors (Lipinski definition) is 6. The Morgan fingerprint density at radius 2 is 2.11 bits per heavy atom. The predicted octanol–water partition coefficient (Wildman–Crippen LogP) is 2.94. The summed E-state index contributed by atoms with van der Waals surface area (Å²) in [5, 5.41) is 4.89. The van der Waals surface area contributed by atoms with E-state index in [9.17, 15) is 18.0 Å². The third-order valence-corrected chi connectivity index (χ3v) is 7.25. The number of sulfone groups is 1. The minimum absolute atomic E-state index is 0.00735. The van der Waals surface area contributed by atoms with Crippen LogP contribution in [0.2, 0.25) is 0 Å². The highest BCUT2D eigenvalue weighted by molar-refractivity contribution is 7.91. The monoisotopic (exact) mass is 421 g/mol. The number of aryl methyl sites for hydroxylation is 1. The van der Waals surface area contributed by atoms with E-state index in [4.69, 9.17) is 0 Å². The van der Waals surface area contributed by atoms with Crippen LogP contribution < -0.4 is 10.2 Å². The summed E-state index contributed by atoms with van der Waals surface area (Å²) in [6.07, 6.45) is 0.876. The van der Waals surface area contributed by atoms with Crippen molar-refractivity contribution >= 4 is 43.8 Å². The molecule has 9 heteroatoms. The molecule has 28 heavy (non-hydrogen) atoms. The van der Waals surface area contributed by atoms with Crippen LogP contribution in [-0.2, 0) is 25.8 Å². The number of anilines is 2. The second-order valence-electron chi connectivity index (χ2n) is 6.87. The number of amides is 2. The first-order valence-corrected chi connectivity index (χ1v) is 11.6. The molecule has 7 nitrogen and oxygen atoms in total. The number of nitrogens with zero attached hydrogens (tertiary/aromatic N) is 2. The SMILES string of the molecule is CCC(=O)N1c2ccc(S(=O)(=O)CCC(=O)Nc3nc(C)cs3)cc2CC1C. The van der Waals surface area contributed by atoms with Crippen LogP contribution in [0.1, 0.15) is 37.9 Å². The molecule has 0 radical (unpaired) electrons. The summed E-state index contributed by atoms with van der Waals surface area (Å²) in [5.41, 5.74) is 2.42. The van der Waals surface area contributed by atoms with Crippen molar-refractivity contribution in [3.63, 3.8) is 0 Å². The van der Waals surface area contributed by atoms with Gasteiger partial charge in [-0.05, 0) is 44.0 Å². The first-order chi connectivity index (χ1) is 13.2. The maximum absolute atomic E-state index is 12.7. The summed E-state index contributed by atoms with van der Waals surface area (Å²) in [7, 11) is -3.61. The molecule has 2 heterocycles. The molecule has 1 aliphatic heterocycles. The van der Waals surface area contributed by atoms with Crippen molar-refractivity contribution in [3.05, 3.63) is 34.8 Å². The topological polar surface area (TPSA) is 96.4 Å². The lowest BCUT2D eigenvalue weighted by atomic mass is 10.1. The summed E-state index contributed by atoms with van der Waals surface area (Å²) in [6.45, 7) is 5.58. The average Bonchev–Trinajstić information content (AvgIpc) is 3.20. The van der Waals surface area contributed by atoms with Gasteiger partial charge in [-0.25, -0.2) is 13.4 Å². The van der Waals surface area contributed by atoms with E-state index in [-0.39, 0.29) is 34.9 Å². The van der Waals surface area contributed by atoms with Crippen LogP contribution in [-0.4, -0.2) is 37.0 Å². The predicted molar refractivity (Wildman–Crippen MR) is 110 cm³/mol. The molecule has 3 rings (SSSR count). The van der Waals surface area contributed by atoms with Crippen LogP contribution in [0.4, 0.5) is 10.8 Å². The van der Waals surface area contributed by atoms with Gasteiger partial charge in [0, 0.05) is 30.0 Å². The molecule has 0 spiro atoms. The van der Waals surface area contributed by atoms with Crippen molar-refractivity contribution in [1.29, 1.82) is 0 Å². The molecule has 0 saturated heterocycles. The van der Waals surface area contributed by atoms with Crippen molar-refractivity contribution in [2.45, 2.75) is 51.0 Å². The van der Waals surface area contributed by atoms with Gasteiger partial charge in [0.2, 0.25) is 11.8 Å². The van der Waals surface area contributed by atoms with E-state index >= 15 is 0 Å². The number of benzene rings is 1. The van der Waals surface area contributed by atoms with E-state index in [1.54, 1.807) is 17.0 Å². The first kappa shape index (κ1) is 20.5. The van der Waals surface area contributed by atoms with E-state index < -0.39 is 9.84 Å². The summed E-state index contributed by atoms with van der Waals surface area (Å²) in [6, 6.07) is 4.85. The smallest absolute Gasteiger partial charge is 0.227 e. The Kier molecular flexibility index (Phi) is 5.85. The summed E-state index contributed by atoms with van der Waals surface area (Å²) in [4.78, 5) is 30.2. The number of nitrogens with one attached hydrogen (secondary N) is 1. The summed E-state index contributed by atoms with van der Waals surface area (Å²) in [5.74, 6) is -0.641. The summed E-state index contributed by atoms with van der Waals surface area (Å²) < 4.78 is 25.3. The molecule has 1 unspecified atom stereocenters. The van der Waals surface area contributed by atoms with Gasteiger partial charge in [0.25, 0.3) is 0 Å². The Labute approximate surface area is 168 Å². The van der Waals surface area contributed by atoms with Gasteiger partial charge < -0.3 is 10.2 Å². The van der Waals surface area contributed by atoms with Crippen molar-refractivity contribution in [3.8, 4) is 0 Å². The normalized spacial score (nSPS) is 16.1. The fourth-order valence-electron chi connectivity index (χ4n) is 3.29. The van der Waals surface area contributed by atoms with Crippen LogP contribution in [0.15, 0.2) is 28.5 Å². The zero-order valence-corrected chi connectivity index (χ0v) is 17.7. The van der Waals surface area contributed by atoms with E-state index in [2.05, 4.69) is 10.3 Å². The Bertz CT molecular complexity index is 1010. The molecule has 2 aromatic rings. The minimum Gasteiger partial charge on any atom is -0.309 e. The van der Waals surface area contributed by atoms with Crippen LogP contribution in [0.5, 0.6) is 0 Å². The highest BCUT2D eigenvalue weighted by atomic mass is 32.2. The molecule has 1 atom stereocenters. The number of aromatic nitrogens is 1. The average molecular weight is 422 g/mol. The van der Waals surface area contributed by atoms with E-state index in [0.29, 0.717) is 18.0 Å². The fraction of sp³-hybridized carbons (Fsp3) is 0.421. The van der Waals surface area contributed by atoms with Crippen molar-refractivity contribution in [1.82, 2.24) is 4.98 Å². The van der Waals surface area contributed by atoms with Gasteiger partial charge in [-0.15, -0.1) is 11.3 Å². The lowest BCUT2D eigenvalue weighted by Crippen LogP contribution is -2.35. The Morgan fingerprint density at radius 1 is 1.36 bits per heavy atom. The van der Waals surface area contributed by atoms with Crippen molar-refractivity contribution in [2.75, 3.05) is 16.0 Å². The number of hydrogen-bond donors (Lipinski definition) is 1. The number of carbonyl (C=O) groups excluding carboxylic acids is 2. The maximum atomic E-state index is 12.7. The molecule has 1 aromatic heterocycles. The fourth-order valence-corrected chi connectivity index (χ4v) is 5.28. The molecular formula is C19H23N3O4S2. The molecule has 0 aliphatic carbocycles. The summed E-state index contributed by atoms with van der Waals surface area (Å²) >= 11 is 1.30. The number of carbonyl (C=O) groups is 2. The van der Waals surface area contributed by atoms with Gasteiger partial charge in [-0.1, -0.05) is 6.92 Å². The largest absolute Gasteiger partial charge is 0.309 e. The highest BCUT2D eigenvalue weighted by Gasteiger charge is 2.31. The molecule has 0 bridgehead atoms. The van der Waals surface area contributed by atoms with Gasteiger partial charge in [-0.3, -0.25) is 9.59 Å². The number of fused-ring (bicyclic) bond motifs is 1. The zero-order valence-electron chi connectivity index (χ0n) is 16.1. The van der Waals surface area contributed by atoms with E-state index in [1.165, 1.54) is 17.4 Å². The third-order valence-electron chi connectivity index (χ3n) is 4.66. The second-order valence-corrected chi connectivity index (χ2v) is 9.84. The van der Waals surface area contributed by atoms with Gasteiger partial charge in [-0.2, -0.15) is 0 Å². The van der Waals surface area contributed by atoms with Crippen LogP contribution in [0.25, 0.3) is 0 Å². The van der Waals surface area contributed by atoms with Crippen molar-refractivity contribution < 1.29 is 18.0 Å². The first-order valence-electron chi connectivity index (χ1n) is 9.11. The zero-order chi connectivity index (χ0) is 20.5. The van der Waals surface area contributed by atoms with Crippen molar-refractivity contribution in [2.24, 2.45) is 0 Å². The molecule has 2 amide bonds. The van der Waals surface area contributed by atoms with E-state index in [1.807, 2.05) is 26.2 Å². The highest BCUT2D eigenvalue weighted by Crippen LogP contribution is 2.34. The van der Waals surface area contributed by atoms with Gasteiger partial charge >= 0.3 is 0 Å². The number of thiazole rings is 1. The standard InChI is InChI=1S/C19H23N3O4S2/c1-4-18(24)22-13(3)9-14-10-15(5-6-16(14)22)28(25,26)8-7-17(23)21-19-20-12(2)11-27-19/h5-6,10-11,13H,4,7-9H2,1-3H3,(H,20,21,23). The third kappa shape index (κ3) is 4.25. The molecule has 0 fully saturated rings. The van der Waals surface area contributed by atoms with Gasteiger partial charge in [0.1, 0.15) is 0 Å². The van der Waals surface area contributed by atoms with Gasteiger partial charge in [0.15, 0.2) is 15.0 Å². The molecule has 1 aromatic carbocycles. The van der Waals surface area contributed by atoms with Gasteiger partial charge in [0.05, 0.1) is 16.3 Å². The maximum Gasteiger partial charge on any atom is 0.227 e. The molecule has 1 aliphatic rings. The number of rotatable bonds is 6. The van der Waals surface area contributed by atoms with Crippen LogP contribution in [0.3, 0.4) is 0 Å². The molecular weight excluding hydrogens is 398 g/mol. The molecule has 0 saturated carbocycles. The molecule has 150 valence electrons. The van der Waals surface area contributed by atoms with E-state index in [0.717, 1.165) is 16.9 Å². The lowest BCUT2D eigenvalue weighted by molar-refractivity contribution is -0.118. The van der Waals surface area contributed by atoms with Crippen LogP contribution >= 0.6 is 11.3 Å². The Balaban J connectivity index is 1.70. The Morgan fingerprint density at radius 3 is 2.75 bits per heavy atom. The molecule has 1 N–H and O–H groups in total. The Hall–Kier alpha value is -2.26.